The van der Waals surface area contributed by atoms with Gasteiger partial charge in [-0.2, -0.15) is 12.6 Å². The number of hydrogen-bond donors (Lipinski definition) is 1. The third-order valence-corrected chi connectivity index (χ3v) is 3.22. The van der Waals surface area contributed by atoms with E-state index in [1.165, 1.54) is 0 Å². The van der Waals surface area contributed by atoms with Crippen molar-refractivity contribution in [3.8, 4) is 0 Å². The van der Waals surface area contributed by atoms with Crippen LogP contribution in [0.3, 0.4) is 0 Å². The Morgan fingerprint density at radius 3 is 2.56 bits per heavy atom. The number of hydrogen-bond acceptors (Lipinski definition) is 3. The third kappa shape index (κ3) is 4.61. The van der Waals surface area contributed by atoms with Crippen LogP contribution in [0.15, 0.2) is 30.3 Å². The van der Waals surface area contributed by atoms with Gasteiger partial charge >= 0.3 is 6.09 Å². The number of nitrogens with zero attached hydrogens (tertiary/aromatic N) is 1. The Morgan fingerprint density at radius 1 is 1.33 bits per heavy atom. The van der Waals surface area contributed by atoms with Crippen molar-refractivity contribution < 1.29 is 9.53 Å². The van der Waals surface area contributed by atoms with Gasteiger partial charge in [-0.3, -0.25) is 4.90 Å². The van der Waals surface area contributed by atoms with Crippen LogP contribution in [0.2, 0.25) is 0 Å². The monoisotopic (exact) mass is 267 g/mol. The topological polar surface area (TPSA) is 29.5 Å². The summed E-state index contributed by atoms with van der Waals surface area (Å²) in [4.78, 5) is 13.6. The molecule has 0 bridgehead atoms. The smallest absolute Gasteiger partial charge is 0.410 e. The lowest BCUT2D eigenvalue weighted by molar-refractivity contribution is 0.0936. The van der Waals surface area contributed by atoms with Gasteiger partial charge < -0.3 is 4.74 Å². The first-order valence-corrected chi connectivity index (χ1v) is 6.86. The number of amides is 1. The maximum absolute atomic E-state index is 11.9. The van der Waals surface area contributed by atoms with Crippen molar-refractivity contribution in [2.75, 3.05) is 6.54 Å². The molecule has 18 heavy (non-hydrogen) atoms. The number of ether oxygens (including phenoxy) is 1. The van der Waals surface area contributed by atoms with Gasteiger partial charge in [-0.15, -0.1) is 0 Å². The average molecular weight is 267 g/mol. The number of carbonyl (C=O) groups is 1. The Bertz CT molecular complexity index is 356. The summed E-state index contributed by atoms with van der Waals surface area (Å²) < 4.78 is 5.29. The highest BCUT2D eigenvalue weighted by Crippen LogP contribution is 2.13. The third-order valence-electron chi connectivity index (χ3n) is 2.69. The van der Waals surface area contributed by atoms with Crippen molar-refractivity contribution in [3.05, 3.63) is 35.9 Å². The average Bonchev–Trinajstić information content (AvgIpc) is 2.39. The van der Waals surface area contributed by atoms with Crippen molar-refractivity contribution in [3.63, 3.8) is 0 Å². The molecule has 4 heteroatoms. The normalized spacial score (nSPS) is 11.9. The second-order valence-corrected chi connectivity index (χ2v) is 4.69. The molecular formula is C14H21NO2S. The summed E-state index contributed by atoms with van der Waals surface area (Å²) in [7, 11) is 0. The molecule has 1 unspecified atom stereocenters. The Morgan fingerprint density at radius 2 is 2.00 bits per heavy atom. The van der Waals surface area contributed by atoms with Gasteiger partial charge in [0.25, 0.3) is 0 Å². The molecule has 0 saturated carbocycles. The van der Waals surface area contributed by atoms with E-state index in [4.69, 9.17) is 4.74 Å². The quantitative estimate of drug-likeness (QED) is 0.629. The predicted molar refractivity (Wildman–Crippen MR) is 76.7 cm³/mol. The Labute approximate surface area is 115 Å². The zero-order valence-corrected chi connectivity index (χ0v) is 11.9. The Balaban J connectivity index is 2.47. The number of benzene rings is 1. The van der Waals surface area contributed by atoms with Crippen molar-refractivity contribution in [1.29, 1.82) is 0 Å². The van der Waals surface area contributed by atoms with Crippen LogP contribution >= 0.6 is 12.6 Å². The summed E-state index contributed by atoms with van der Waals surface area (Å²) in [6, 6.07) is 9.68. The van der Waals surface area contributed by atoms with Crippen molar-refractivity contribution in [2.24, 2.45) is 0 Å². The summed E-state index contributed by atoms with van der Waals surface area (Å²) in [5, 5.41) is -0.0664. The fraction of sp³-hybridized carbons (Fsp3) is 0.500. The van der Waals surface area contributed by atoms with E-state index in [1.807, 2.05) is 37.3 Å². The van der Waals surface area contributed by atoms with Crippen molar-refractivity contribution in [1.82, 2.24) is 4.90 Å². The van der Waals surface area contributed by atoms with E-state index in [2.05, 4.69) is 19.6 Å². The lowest BCUT2D eigenvalue weighted by Gasteiger charge is -2.26. The van der Waals surface area contributed by atoms with Gasteiger partial charge in [0, 0.05) is 6.54 Å². The highest BCUT2D eigenvalue weighted by molar-refractivity contribution is 7.80. The van der Waals surface area contributed by atoms with E-state index in [9.17, 15) is 4.79 Å². The maximum Gasteiger partial charge on any atom is 0.410 e. The molecule has 1 aromatic rings. The molecule has 1 aromatic carbocycles. The fourth-order valence-electron chi connectivity index (χ4n) is 1.68. The Kier molecular flexibility index (Phi) is 6.65. The summed E-state index contributed by atoms with van der Waals surface area (Å²) in [6.45, 7) is 4.93. The molecule has 0 spiro atoms. The number of thiol groups is 1. The molecule has 100 valence electrons. The molecular weight excluding hydrogens is 246 g/mol. The van der Waals surface area contributed by atoms with Crippen molar-refractivity contribution in [2.45, 2.75) is 38.7 Å². The summed E-state index contributed by atoms with van der Waals surface area (Å²) >= 11 is 4.43. The van der Waals surface area contributed by atoms with Gasteiger partial charge in [0.05, 0.1) is 5.37 Å². The van der Waals surface area contributed by atoms with Gasteiger partial charge in [-0.05, 0) is 18.9 Å². The summed E-state index contributed by atoms with van der Waals surface area (Å²) in [5.41, 5.74) is 0.994. The fourth-order valence-corrected chi connectivity index (χ4v) is 2.19. The minimum atomic E-state index is -0.296. The summed E-state index contributed by atoms with van der Waals surface area (Å²) in [6.07, 6.45) is 1.57. The lowest BCUT2D eigenvalue weighted by atomic mass is 10.2. The molecule has 3 nitrogen and oxygen atoms in total. The largest absolute Gasteiger partial charge is 0.445 e. The Hall–Kier alpha value is -1.16. The second kappa shape index (κ2) is 8.03. The molecule has 0 aliphatic carbocycles. The molecule has 0 aliphatic rings. The zero-order chi connectivity index (χ0) is 13.4. The lowest BCUT2D eigenvalue weighted by Crippen LogP contribution is -2.37. The minimum Gasteiger partial charge on any atom is -0.445 e. The van der Waals surface area contributed by atoms with Gasteiger partial charge in [0.15, 0.2) is 0 Å². The highest BCUT2D eigenvalue weighted by atomic mass is 32.1. The van der Waals surface area contributed by atoms with Crippen LogP contribution in [-0.2, 0) is 11.3 Å². The molecule has 0 saturated heterocycles. The highest BCUT2D eigenvalue weighted by Gasteiger charge is 2.19. The van der Waals surface area contributed by atoms with E-state index < -0.39 is 0 Å². The van der Waals surface area contributed by atoms with Crippen LogP contribution < -0.4 is 0 Å². The molecule has 0 N–H and O–H groups in total. The van der Waals surface area contributed by atoms with Crippen LogP contribution in [0.5, 0.6) is 0 Å². The molecule has 0 heterocycles. The molecule has 0 radical (unpaired) electrons. The molecule has 0 aliphatic heterocycles. The van der Waals surface area contributed by atoms with Crippen molar-refractivity contribution >= 4 is 18.7 Å². The van der Waals surface area contributed by atoms with Gasteiger partial charge in [-0.25, -0.2) is 4.79 Å². The van der Waals surface area contributed by atoms with Gasteiger partial charge in [-0.1, -0.05) is 43.7 Å². The first kappa shape index (κ1) is 14.9. The minimum absolute atomic E-state index is 0.0664. The SMILES string of the molecule is CCCC(S)N(CC)C(=O)OCc1ccccc1. The van der Waals surface area contributed by atoms with Gasteiger partial charge in [0.2, 0.25) is 0 Å². The van der Waals surface area contributed by atoms with E-state index >= 15 is 0 Å². The standard InChI is InChI=1S/C14H21NO2S/c1-3-8-13(18)15(4-2)14(16)17-11-12-9-6-5-7-10-12/h5-7,9-10,13,18H,3-4,8,11H2,1-2H3. The van der Waals surface area contributed by atoms with E-state index in [1.54, 1.807) is 4.90 Å². The molecule has 1 rings (SSSR count). The van der Waals surface area contributed by atoms with Crippen LogP contribution in [0.4, 0.5) is 4.79 Å². The second-order valence-electron chi connectivity index (χ2n) is 4.10. The maximum atomic E-state index is 11.9. The number of carbonyl (C=O) groups excluding carboxylic acids is 1. The summed E-state index contributed by atoms with van der Waals surface area (Å²) in [5.74, 6) is 0. The number of rotatable bonds is 6. The predicted octanol–water partition coefficient (Wildman–Crippen LogP) is 3.70. The van der Waals surface area contributed by atoms with E-state index in [-0.39, 0.29) is 11.5 Å². The first-order valence-electron chi connectivity index (χ1n) is 6.34. The van der Waals surface area contributed by atoms with Crippen LogP contribution in [-0.4, -0.2) is 22.9 Å². The van der Waals surface area contributed by atoms with Crippen LogP contribution in [0.25, 0.3) is 0 Å². The zero-order valence-electron chi connectivity index (χ0n) is 11.0. The van der Waals surface area contributed by atoms with Gasteiger partial charge in [0.1, 0.15) is 6.61 Å². The van der Waals surface area contributed by atoms with E-state index in [0.29, 0.717) is 13.2 Å². The molecule has 1 atom stereocenters. The van der Waals surface area contributed by atoms with Crippen LogP contribution in [0.1, 0.15) is 32.3 Å². The molecule has 1 amide bonds. The molecule has 0 aromatic heterocycles. The van der Waals surface area contributed by atoms with Crippen LogP contribution in [0, 0.1) is 0 Å². The molecule has 0 fully saturated rings. The van der Waals surface area contributed by atoms with E-state index in [0.717, 1.165) is 18.4 Å². The first-order chi connectivity index (χ1) is 8.69.